The fourth-order valence-corrected chi connectivity index (χ4v) is 2.00. The fourth-order valence-electron chi connectivity index (χ4n) is 2.00. The van der Waals surface area contributed by atoms with Gasteiger partial charge in [0.2, 0.25) is 0 Å². The van der Waals surface area contributed by atoms with Gasteiger partial charge in [-0.05, 0) is 43.3 Å². The van der Waals surface area contributed by atoms with Crippen LogP contribution in [0.3, 0.4) is 0 Å². The molecule has 0 bridgehead atoms. The zero-order valence-corrected chi connectivity index (χ0v) is 13.8. The molecule has 0 aliphatic carbocycles. The van der Waals surface area contributed by atoms with Gasteiger partial charge in [0, 0.05) is 16.9 Å². The van der Waals surface area contributed by atoms with Crippen molar-refractivity contribution in [3.63, 3.8) is 0 Å². The smallest absolute Gasteiger partial charge is 0.319 e. The first-order valence-electron chi connectivity index (χ1n) is 7.73. The SMILES string of the molecule is CC(CO)(CO)NC(=O)Nc1ccc(C(=O)Nc2ccccc2)cc1. The number of amides is 3. The minimum atomic E-state index is -1.11. The van der Waals surface area contributed by atoms with Gasteiger partial charge < -0.3 is 26.2 Å². The maximum absolute atomic E-state index is 12.1. The van der Waals surface area contributed by atoms with Crippen LogP contribution in [0.5, 0.6) is 0 Å². The Morgan fingerprint density at radius 3 is 2.00 bits per heavy atom. The first-order chi connectivity index (χ1) is 12.0. The minimum Gasteiger partial charge on any atom is -0.394 e. The maximum atomic E-state index is 12.1. The molecule has 0 aliphatic heterocycles. The molecule has 2 aromatic carbocycles. The van der Waals surface area contributed by atoms with E-state index in [1.807, 2.05) is 18.2 Å². The number of hydrogen-bond acceptors (Lipinski definition) is 4. The second-order valence-corrected chi connectivity index (χ2v) is 5.85. The number of rotatable bonds is 6. The lowest BCUT2D eigenvalue weighted by atomic mass is 10.1. The van der Waals surface area contributed by atoms with E-state index in [1.54, 1.807) is 36.4 Å². The molecule has 25 heavy (non-hydrogen) atoms. The quantitative estimate of drug-likeness (QED) is 0.551. The summed E-state index contributed by atoms with van der Waals surface area (Å²) in [6, 6.07) is 14.9. The van der Waals surface area contributed by atoms with Gasteiger partial charge in [0.25, 0.3) is 5.91 Å². The van der Waals surface area contributed by atoms with Crippen LogP contribution in [0.1, 0.15) is 17.3 Å². The number of para-hydroxylation sites is 1. The Bertz CT molecular complexity index is 713. The third-order valence-electron chi connectivity index (χ3n) is 3.55. The summed E-state index contributed by atoms with van der Waals surface area (Å²) in [7, 11) is 0. The van der Waals surface area contributed by atoms with Gasteiger partial charge in [-0.1, -0.05) is 18.2 Å². The van der Waals surface area contributed by atoms with E-state index in [-0.39, 0.29) is 5.91 Å². The lowest BCUT2D eigenvalue weighted by Crippen LogP contribution is -2.53. The third-order valence-corrected chi connectivity index (χ3v) is 3.55. The highest BCUT2D eigenvalue weighted by Crippen LogP contribution is 2.13. The lowest BCUT2D eigenvalue weighted by molar-refractivity contribution is 0.102. The van der Waals surface area contributed by atoms with Crippen LogP contribution in [-0.2, 0) is 0 Å². The molecule has 132 valence electrons. The molecule has 0 fully saturated rings. The van der Waals surface area contributed by atoms with Gasteiger partial charge in [-0.3, -0.25) is 4.79 Å². The number of carbonyl (C=O) groups excluding carboxylic acids is 2. The zero-order valence-electron chi connectivity index (χ0n) is 13.8. The van der Waals surface area contributed by atoms with Gasteiger partial charge in [-0.25, -0.2) is 4.79 Å². The van der Waals surface area contributed by atoms with Crippen LogP contribution in [0.2, 0.25) is 0 Å². The van der Waals surface area contributed by atoms with Crippen molar-refractivity contribution in [3.8, 4) is 0 Å². The van der Waals surface area contributed by atoms with Crippen molar-refractivity contribution >= 4 is 23.3 Å². The topological polar surface area (TPSA) is 111 Å². The molecule has 0 saturated heterocycles. The van der Waals surface area contributed by atoms with Gasteiger partial charge in [0.15, 0.2) is 0 Å². The van der Waals surface area contributed by atoms with Crippen molar-refractivity contribution in [2.75, 3.05) is 23.8 Å². The third kappa shape index (κ3) is 5.30. The zero-order chi connectivity index (χ0) is 18.3. The van der Waals surface area contributed by atoms with Crippen LogP contribution >= 0.6 is 0 Å². The summed E-state index contributed by atoms with van der Waals surface area (Å²) in [5.41, 5.74) is 0.512. The Morgan fingerprint density at radius 1 is 0.880 bits per heavy atom. The molecular formula is C18H21N3O4. The van der Waals surface area contributed by atoms with Gasteiger partial charge in [0.05, 0.1) is 18.8 Å². The van der Waals surface area contributed by atoms with Gasteiger partial charge in [-0.2, -0.15) is 0 Å². The maximum Gasteiger partial charge on any atom is 0.319 e. The summed E-state index contributed by atoms with van der Waals surface area (Å²) in [5, 5.41) is 26.2. The van der Waals surface area contributed by atoms with Crippen LogP contribution < -0.4 is 16.0 Å². The molecule has 0 aromatic heterocycles. The molecule has 0 saturated carbocycles. The van der Waals surface area contributed by atoms with E-state index in [9.17, 15) is 19.8 Å². The summed E-state index contributed by atoms with van der Waals surface area (Å²) >= 11 is 0. The standard InChI is InChI=1S/C18H21N3O4/c1-18(11-22,12-23)21-17(25)20-15-9-7-13(8-10-15)16(24)19-14-5-3-2-4-6-14/h2-10,22-23H,11-12H2,1H3,(H,19,24)(H2,20,21,25). The minimum absolute atomic E-state index is 0.254. The van der Waals surface area contributed by atoms with E-state index in [2.05, 4.69) is 16.0 Å². The first-order valence-corrected chi connectivity index (χ1v) is 7.73. The van der Waals surface area contributed by atoms with E-state index >= 15 is 0 Å². The Hall–Kier alpha value is -2.90. The highest BCUT2D eigenvalue weighted by atomic mass is 16.3. The summed E-state index contributed by atoms with van der Waals surface area (Å²) in [6.45, 7) is 0.731. The Kier molecular flexibility index (Phi) is 6.10. The Balaban J connectivity index is 1.95. The highest BCUT2D eigenvalue weighted by molar-refractivity contribution is 6.04. The van der Waals surface area contributed by atoms with Crippen molar-refractivity contribution in [1.82, 2.24) is 5.32 Å². The molecule has 0 heterocycles. The number of benzene rings is 2. The number of anilines is 2. The van der Waals surface area contributed by atoms with Crippen LogP contribution in [0.4, 0.5) is 16.2 Å². The van der Waals surface area contributed by atoms with E-state index in [0.717, 1.165) is 0 Å². The number of nitrogens with one attached hydrogen (secondary N) is 3. The molecule has 0 aliphatic rings. The molecule has 2 rings (SSSR count). The van der Waals surface area contributed by atoms with Crippen molar-refractivity contribution in [2.24, 2.45) is 0 Å². The second kappa shape index (κ2) is 8.27. The van der Waals surface area contributed by atoms with Crippen LogP contribution in [0.15, 0.2) is 54.6 Å². The highest BCUT2D eigenvalue weighted by Gasteiger charge is 2.24. The largest absolute Gasteiger partial charge is 0.394 e. The summed E-state index contributed by atoms with van der Waals surface area (Å²) in [6.07, 6.45) is 0. The molecule has 0 unspecified atom stereocenters. The molecular weight excluding hydrogens is 322 g/mol. The first kappa shape index (κ1) is 18.4. The summed E-state index contributed by atoms with van der Waals surface area (Å²) < 4.78 is 0. The monoisotopic (exact) mass is 343 g/mol. The second-order valence-electron chi connectivity index (χ2n) is 5.85. The van der Waals surface area contributed by atoms with E-state index in [4.69, 9.17) is 0 Å². The predicted octanol–water partition coefficient (Wildman–Crippen LogP) is 1.80. The average Bonchev–Trinajstić information content (AvgIpc) is 2.63. The van der Waals surface area contributed by atoms with Crippen LogP contribution in [-0.4, -0.2) is 40.9 Å². The number of aliphatic hydroxyl groups excluding tert-OH is 2. The molecule has 0 radical (unpaired) electrons. The number of hydrogen-bond donors (Lipinski definition) is 5. The molecule has 7 nitrogen and oxygen atoms in total. The normalized spacial score (nSPS) is 10.8. The Labute approximate surface area is 145 Å². The van der Waals surface area contributed by atoms with Gasteiger partial charge >= 0.3 is 6.03 Å². The predicted molar refractivity (Wildman–Crippen MR) is 95.6 cm³/mol. The van der Waals surface area contributed by atoms with E-state index in [0.29, 0.717) is 16.9 Å². The van der Waals surface area contributed by atoms with E-state index in [1.165, 1.54) is 6.92 Å². The molecule has 0 spiro atoms. The Morgan fingerprint density at radius 2 is 1.44 bits per heavy atom. The van der Waals surface area contributed by atoms with Crippen molar-refractivity contribution < 1.29 is 19.8 Å². The number of carbonyl (C=O) groups is 2. The molecule has 5 N–H and O–H groups in total. The molecule has 2 aromatic rings. The number of aliphatic hydroxyl groups is 2. The number of urea groups is 1. The summed E-state index contributed by atoms with van der Waals surface area (Å²) in [4.78, 5) is 24.0. The summed E-state index contributed by atoms with van der Waals surface area (Å²) in [5.74, 6) is -0.254. The molecule has 7 heteroatoms. The van der Waals surface area contributed by atoms with Crippen molar-refractivity contribution in [3.05, 3.63) is 60.2 Å². The van der Waals surface area contributed by atoms with Crippen molar-refractivity contribution in [1.29, 1.82) is 0 Å². The van der Waals surface area contributed by atoms with E-state index < -0.39 is 24.8 Å². The van der Waals surface area contributed by atoms with Crippen molar-refractivity contribution in [2.45, 2.75) is 12.5 Å². The lowest BCUT2D eigenvalue weighted by Gasteiger charge is -2.26. The van der Waals surface area contributed by atoms with Gasteiger partial charge in [0.1, 0.15) is 0 Å². The van der Waals surface area contributed by atoms with Gasteiger partial charge in [-0.15, -0.1) is 0 Å². The molecule has 3 amide bonds. The average molecular weight is 343 g/mol. The molecule has 0 atom stereocenters. The fraction of sp³-hybridized carbons (Fsp3) is 0.222. The van der Waals surface area contributed by atoms with Crippen LogP contribution in [0, 0.1) is 0 Å². The van der Waals surface area contributed by atoms with Crippen LogP contribution in [0.25, 0.3) is 0 Å².